The molecule has 0 aromatic rings. The van der Waals surface area contributed by atoms with Crippen molar-refractivity contribution < 1.29 is 19.4 Å². The highest BCUT2D eigenvalue weighted by molar-refractivity contribution is 5.66. The van der Waals surface area contributed by atoms with Gasteiger partial charge in [-0.1, -0.05) is 0 Å². The zero-order chi connectivity index (χ0) is 9.84. The van der Waals surface area contributed by atoms with Gasteiger partial charge in [-0.3, -0.25) is 4.79 Å². The maximum Gasteiger partial charge on any atom is 0.304 e. The van der Waals surface area contributed by atoms with Crippen LogP contribution in [0.2, 0.25) is 0 Å². The van der Waals surface area contributed by atoms with Crippen LogP contribution in [0.3, 0.4) is 0 Å². The molecule has 0 unspecified atom stereocenters. The number of hydrogen-bond donors (Lipinski definition) is 1. The highest BCUT2D eigenvalue weighted by atomic mass is 16.7. The Morgan fingerprint density at radius 2 is 2.46 bits per heavy atom. The first-order valence-electron chi connectivity index (χ1n) is 3.72. The second kappa shape index (κ2) is 4.15. The van der Waals surface area contributed by atoms with Gasteiger partial charge < -0.3 is 14.6 Å². The smallest absolute Gasteiger partial charge is 0.304 e. The van der Waals surface area contributed by atoms with Gasteiger partial charge in [0, 0.05) is 6.92 Å². The molecule has 7 nitrogen and oxygen atoms in total. The highest BCUT2D eigenvalue weighted by Crippen LogP contribution is 2.13. The van der Waals surface area contributed by atoms with Crippen LogP contribution < -0.4 is 0 Å². The topological polar surface area (TPSA) is 88.4 Å². The summed E-state index contributed by atoms with van der Waals surface area (Å²) in [6.45, 7) is 1.54. The summed E-state index contributed by atoms with van der Waals surface area (Å²) in [5, 5.41) is 12.7. The molecular formula is C6H10N2O5. The summed E-state index contributed by atoms with van der Waals surface area (Å²) in [5.74, 6) is -0.608. The SMILES string of the molecule is CC(=O)O[C@H]1[C@H](O)OCCN1N=O. The average molecular weight is 190 g/mol. The first-order valence-corrected chi connectivity index (χ1v) is 3.72. The fraction of sp³-hybridized carbons (Fsp3) is 0.833. The molecule has 0 bridgehead atoms. The number of nitrogens with zero attached hydrogens (tertiary/aromatic N) is 2. The molecule has 1 N–H and O–H groups in total. The summed E-state index contributed by atoms with van der Waals surface area (Å²) < 4.78 is 9.39. The summed E-state index contributed by atoms with van der Waals surface area (Å²) in [4.78, 5) is 20.8. The molecule has 0 aromatic heterocycles. The predicted octanol–water partition coefficient (Wildman–Crippen LogP) is -0.792. The van der Waals surface area contributed by atoms with E-state index in [4.69, 9.17) is 4.74 Å². The summed E-state index contributed by atoms with van der Waals surface area (Å²) in [6.07, 6.45) is -2.46. The normalized spacial score (nSPS) is 28.3. The van der Waals surface area contributed by atoms with E-state index in [1.165, 1.54) is 6.92 Å². The van der Waals surface area contributed by atoms with Gasteiger partial charge in [0.2, 0.25) is 12.5 Å². The van der Waals surface area contributed by atoms with E-state index in [0.717, 1.165) is 5.01 Å². The van der Waals surface area contributed by atoms with E-state index in [9.17, 15) is 14.8 Å². The van der Waals surface area contributed by atoms with Crippen molar-refractivity contribution in [1.82, 2.24) is 5.01 Å². The molecule has 0 amide bonds. The van der Waals surface area contributed by atoms with Crippen LogP contribution in [0.1, 0.15) is 6.92 Å². The Hall–Kier alpha value is -1.21. The molecule has 0 saturated carbocycles. The Bertz CT molecular complexity index is 209. The first kappa shape index (κ1) is 9.87. The summed E-state index contributed by atoms with van der Waals surface area (Å²) in [7, 11) is 0. The molecule has 0 spiro atoms. The molecule has 7 heteroatoms. The molecule has 13 heavy (non-hydrogen) atoms. The van der Waals surface area contributed by atoms with Crippen molar-refractivity contribution >= 4 is 5.97 Å². The fourth-order valence-electron chi connectivity index (χ4n) is 1.00. The van der Waals surface area contributed by atoms with Crippen molar-refractivity contribution in [3.63, 3.8) is 0 Å². The van der Waals surface area contributed by atoms with E-state index in [-0.39, 0.29) is 13.2 Å². The minimum absolute atomic E-state index is 0.171. The van der Waals surface area contributed by atoms with Crippen molar-refractivity contribution in [3.8, 4) is 0 Å². The van der Waals surface area contributed by atoms with Crippen molar-refractivity contribution in [2.75, 3.05) is 13.2 Å². The van der Waals surface area contributed by atoms with Crippen molar-refractivity contribution in [2.24, 2.45) is 5.29 Å². The molecule has 1 rings (SSSR count). The number of rotatable bonds is 2. The number of hydrogen-bond acceptors (Lipinski definition) is 6. The molecule has 1 aliphatic rings. The maximum atomic E-state index is 10.6. The Morgan fingerprint density at radius 1 is 1.77 bits per heavy atom. The van der Waals surface area contributed by atoms with E-state index in [1.54, 1.807) is 0 Å². The molecule has 1 heterocycles. The third kappa shape index (κ3) is 2.36. The minimum atomic E-state index is -1.32. The van der Waals surface area contributed by atoms with Crippen LogP contribution in [0.25, 0.3) is 0 Å². The zero-order valence-corrected chi connectivity index (χ0v) is 7.04. The molecule has 0 aromatic carbocycles. The minimum Gasteiger partial charge on any atom is -0.435 e. The van der Waals surface area contributed by atoms with Gasteiger partial charge in [0.25, 0.3) is 0 Å². The Balaban J connectivity index is 2.61. The van der Waals surface area contributed by atoms with Crippen molar-refractivity contribution in [3.05, 3.63) is 4.91 Å². The van der Waals surface area contributed by atoms with Crippen LogP contribution in [-0.2, 0) is 14.3 Å². The number of carbonyl (C=O) groups excluding carboxylic acids is 1. The van der Waals surface area contributed by atoms with Gasteiger partial charge in [-0.05, 0) is 0 Å². The summed E-state index contributed by atoms with van der Waals surface area (Å²) in [6, 6.07) is 0. The summed E-state index contributed by atoms with van der Waals surface area (Å²) >= 11 is 0. The Labute approximate surface area is 74.2 Å². The van der Waals surface area contributed by atoms with Crippen molar-refractivity contribution in [1.29, 1.82) is 0 Å². The number of aliphatic hydroxyl groups excluding tert-OH is 1. The quantitative estimate of drug-likeness (QED) is 0.453. The molecule has 2 atom stereocenters. The average Bonchev–Trinajstić information content (AvgIpc) is 2.08. The molecule has 1 fully saturated rings. The third-order valence-corrected chi connectivity index (χ3v) is 1.54. The van der Waals surface area contributed by atoms with E-state index < -0.39 is 18.5 Å². The van der Waals surface area contributed by atoms with Gasteiger partial charge in [0.05, 0.1) is 18.4 Å². The van der Waals surface area contributed by atoms with Crippen LogP contribution in [0.15, 0.2) is 5.29 Å². The van der Waals surface area contributed by atoms with Gasteiger partial charge in [-0.15, -0.1) is 4.91 Å². The van der Waals surface area contributed by atoms with Gasteiger partial charge in [0.1, 0.15) is 0 Å². The highest BCUT2D eigenvalue weighted by Gasteiger charge is 2.33. The van der Waals surface area contributed by atoms with E-state index >= 15 is 0 Å². The number of morpholine rings is 1. The van der Waals surface area contributed by atoms with Gasteiger partial charge in [0.15, 0.2) is 0 Å². The van der Waals surface area contributed by atoms with E-state index in [1.807, 2.05) is 0 Å². The fourth-order valence-corrected chi connectivity index (χ4v) is 1.00. The molecular weight excluding hydrogens is 180 g/mol. The molecule has 1 saturated heterocycles. The number of carbonyl (C=O) groups is 1. The maximum absolute atomic E-state index is 10.6. The van der Waals surface area contributed by atoms with Gasteiger partial charge in [-0.2, -0.15) is 0 Å². The largest absolute Gasteiger partial charge is 0.435 e. The van der Waals surface area contributed by atoms with Crippen LogP contribution in [0.4, 0.5) is 0 Å². The zero-order valence-electron chi connectivity index (χ0n) is 7.04. The molecule has 0 radical (unpaired) electrons. The first-order chi connectivity index (χ1) is 6.15. The second-order valence-corrected chi connectivity index (χ2v) is 2.51. The number of ether oxygens (including phenoxy) is 2. The Morgan fingerprint density at radius 3 is 3.00 bits per heavy atom. The lowest BCUT2D eigenvalue weighted by Crippen LogP contribution is -2.50. The number of aliphatic hydroxyl groups is 1. The standard InChI is InChI=1S/C6H10N2O5/c1-4(9)13-5-6(10)12-3-2-8(5)7-11/h5-6,10H,2-3H2,1H3/t5-,6+/m0/s1. The summed E-state index contributed by atoms with van der Waals surface area (Å²) in [5.41, 5.74) is 0. The lowest BCUT2D eigenvalue weighted by molar-refractivity contribution is -0.250. The van der Waals surface area contributed by atoms with Crippen molar-refractivity contribution in [2.45, 2.75) is 19.4 Å². The molecule has 74 valence electrons. The van der Waals surface area contributed by atoms with Gasteiger partial charge in [-0.25, -0.2) is 5.01 Å². The van der Waals surface area contributed by atoms with E-state index in [0.29, 0.717) is 0 Å². The monoisotopic (exact) mass is 190 g/mol. The van der Waals surface area contributed by atoms with Crippen LogP contribution in [0, 0.1) is 4.91 Å². The van der Waals surface area contributed by atoms with Crippen LogP contribution in [0.5, 0.6) is 0 Å². The Kier molecular flexibility index (Phi) is 3.15. The molecule has 1 aliphatic heterocycles. The van der Waals surface area contributed by atoms with Crippen LogP contribution >= 0.6 is 0 Å². The predicted molar refractivity (Wildman–Crippen MR) is 40.0 cm³/mol. The number of nitroso groups, excluding NO2 is 1. The lowest BCUT2D eigenvalue weighted by atomic mass is 10.4. The van der Waals surface area contributed by atoms with Gasteiger partial charge >= 0.3 is 5.97 Å². The molecule has 0 aliphatic carbocycles. The third-order valence-electron chi connectivity index (χ3n) is 1.54. The van der Waals surface area contributed by atoms with Crippen LogP contribution in [-0.4, -0.2) is 41.8 Å². The number of esters is 1. The second-order valence-electron chi connectivity index (χ2n) is 2.51. The van der Waals surface area contributed by atoms with E-state index in [2.05, 4.69) is 10.0 Å². The lowest BCUT2D eigenvalue weighted by Gasteiger charge is -2.33.